The highest BCUT2D eigenvalue weighted by Crippen LogP contribution is 2.51. The molecule has 0 radical (unpaired) electrons. The Labute approximate surface area is 310 Å². The fourth-order valence-corrected chi connectivity index (χ4v) is 6.57. The van der Waals surface area contributed by atoms with Gasteiger partial charge in [0.1, 0.15) is 77.2 Å². The van der Waals surface area contributed by atoms with E-state index in [-0.39, 0.29) is 34.3 Å². The molecule has 9 unspecified atom stereocenters. The molecular formula is C37H38O18. The first kappa shape index (κ1) is 39.3. The summed E-state index contributed by atoms with van der Waals surface area (Å²) in [7, 11) is 2.60. The van der Waals surface area contributed by atoms with Crippen LogP contribution in [0.25, 0.3) is 28.4 Å². The standard InChI is InChI=1S/C37H38O18/c1-50-20-9-14(10-21(51-2)28(20)44)3-8-23(42)55-37-27(43)18(41)13-52-36(37)26-31(47)25(35-33(49)32(48)29(45)22(12-38)54-35)30(46)24-17(40)11-19(53-34(24)26)15-4-6-16(39)7-5-15/h3-11,18,22,27,29,32-33,35-39,41,43-49H,12-13H2,1-2H3/b8-3+. The van der Waals surface area contributed by atoms with Gasteiger partial charge >= 0.3 is 5.97 Å². The molecule has 6 rings (SSSR count). The lowest BCUT2D eigenvalue weighted by Gasteiger charge is -2.41. The molecule has 0 aliphatic carbocycles. The topological polar surface area (TPSA) is 296 Å². The zero-order valence-corrected chi connectivity index (χ0v) is 29.0. The van der Waals surface area contributed by atoms with Gasteiger partial charge in [0.05, 0.1) is 38.6 Å². The smallest absolute Gasteiger partial charge is 0.331 e. The van der Waals surface area contributed by atoms with Crippen LogP contribution in [0.4, 0.5) is 0 Å². The molecule has 0 bridgehead atoms. The van der Waals surface area contributed by atoms with Gasteiger partial charge in [-0.1, -0.05) is 0 Å². The van der Waals surface area contributed by atoms with Gasteiger partial charge in [-0.3, -0.25) is 4.79 Å². The lowest BCUT2D eigenvalue weighted by atomic mass is 9.85. The highest BCUT2D eigenvalue weighted by molar-refractivity contribution is 5.92. The second kappa shape index (κ2) is 15.7. The number of rotatable bonds is 9. The van der Waals surface area contributed by atoms with Crippen LogP contribution in [0.2, 0.25) is 0 Å². The number of phenols is 4. The van der Waals surface area contributed by atoms with E-state index < -0.39 is 113 Å². The monoisotopic (exact) mass is 770 g/mol. The first-order valence-electron chi connectivity index (χ1n) is 16.7. The van der Waals surface area contributed by atoms with Crippen LogP contribution < -0.4 is 14.9 Å². The zero-order chi connectivity index (χ0) is 39.9. The molecule has 10 N–H and O–H groups in total. The number of ether oxygens (including phenoxy) is 5. The third-order valence-corrected chi connectivity index (χ3v) is 9.45. The Morgan fingerprint density at radius 1 is 0.818 bits per heavy atom. The predicted molar refractivity (Wildman–Crippen MR) is 186 cm³/mol. The molecule has 0 spiro atoms. The average Bonchev–Trinajstić information content (AvgIpc) is 3.16. The van der Waals surface area contributed by atoms with Gasteiger partial charge in [-0.15, -0.1) is 0 Å². The van der Waals surface area contributed by atoms with Gasteiger partial charge in [0.15, 0.2) is 28.6 Å². The largest absolute Gasteiger partial charge is 0.508 e. The van der Waals surface area contributed by atoms with E-state index in [1.54, 1.807) is 0 Å². The van der Waals surface area contributed by atoms with Crippen molar-refractivity contribution in [1.29, 1.82) is 0 Å². The number of phenolic OH excluding ortho intramolecular Hbond substituents is 4. The first-order chi connectivity index (χ1) is 26.2. The maximum Gasteiger partial charge on any atom is 0.331 e. The Morgan fingerprint density at radius 3 is 2.09 bits per heavy atom. The number of esters is 1. The van der Waals surface area contributed by atoms with Crippen molar-refractivity contribution in [3.63, 3.8) is 0 Å². The van der Waals surface area contributed by atoms with Crippen LogP contribution in [0, 0.1) is 0 Å². The predicted octanol–water partition coefficient (Wildman–Crippen LogP) is 0.233. The number of hydrogen-bond acceptors (Lipinski definition) is 18. The van der Waals surface area contributed by atoms with Gasteiger partial charge in [-0.05, 0) is 48.0 Å². The van der Waals surface area contributed by atoms with Crippen molar-refractivity contribution in [2.24, 2.45) is 0 Å². The summed E-state index contributed by atoms with van der Waals surface area (Å²) in [5.74, 6) is -3.65. The highest BCUT2D eigenvalue weighted by Gasteiger charge is 2.49. The SMILES string of the molecule is COc1cc(/C=C/C(=O)OC2C(c3c(O)c(C4OC(CO)C(O)C(O)C4O)c(O)c4c(=O)cc(-c5ccc(O)cc5)oc34)OCC(O)C2O)cc(OC)c1O. The van der Waals surface area contributed by atoms with Crippen molar-refractivity contribution in [3.8, 4) is 45.8 Å². The number of methoxy groups -OCH3 is 2. The average molecular weight is 771 g/mol. The van der Waals surface area contributed by atoms with E-state index in [9.17, 15) is 60.7 Å². The third-order valence-electron chi connectivity index (χ3n) is 9.45. The molecule has 294 valence electrons. The molecule has 0 amide bonds. The van der Waals surface area contributed by atoms with Gasteiger partial charge in [-0.2, -0.15) is 0 Å². The van der Waals surface area contributed by atoms with Crippen LogP contribution >= 0.6 is 0 Å². The van der Waals surface area contributed by atoms with Crippen LogP contribution in [-0.2, 0) is 19.0 Å². The molecule has 9 atom stereocenters. The van der Waals surface area contributed by atoms with Crippen molar-refractivity contribution >= 4 is 23.0 Å². The van der Waals surface area contributed by atoms with E-state index in [0.29, 0.717) is 5.56 Å². The molecule has 55 heavy (non-hydrogen) atoms. The highest BCUT2D eigenvalue weighted by atomic mass is 16.6. The van der Waals surface area contributed by atoms with Crippen LogP contribution in [0.15, 0.2) is 57.8 Å². The Bertz CT molecular complexity index is 2120. The minimum absolute atomic E-state index is 0.0183. The van der Waals surface area contributed by atoms with E-state index in [0.717, 1.165) is 12.1 Å². The zero-order valence-electron chi connectivity index (χ0n) is 29.0. The molecule has 3 aromatic carbocycles. The fraction of sp³-hybridized carbons (Fsp3) is 0.351. The number of fused-ring (bicyclic) bond motifs is 1. The van der Waals surface area contributed by atoms with E-state index in [2.05, 4.69) is 0 Å². The second-order valence-electron chi connectivity index (χ2n) is 12.8. The summed E-state index contributed by atoms with van der Waals surface area (Å²) in [6, 6.07) is 9.12. The summed E-state index contributed by atoms with van der Waals surface area (Å²) in [6.45, 7) is -1.51. The summed E-state index contributed by atoms with van der Waals surface area (Å²) in [6.07, 6.45) is -14.4. The summed E-state index contributed by atoms with van der Waals surface area (Å²) in [5.41, 5.74) is -2.22. The number of aliphatic hydroxyl groups is 6. The van der Waals surface area contributed by atoms with Gasteiger partial charge in [-0.25, -0.2) is 4.79 Å². The quantitative estimate of drug-likeness (QED) is 0.0805. The van der Waals surface area contributed by atoms with Gasteiger partial charge in [0.2, 0.25) is 5.75 Å². The van der Waals surface area contributed by atoms with Crippen molar-refractivity contribution in [2.75, 3.05) is 27.4 Å². The van der Waals surface area contributed by atoms with Gasteiger partial charge < -0.3 is 79.2 Å². The number of hydrogen-bond donors (Lipinski definition) is 10. The van der Waals surface area contributed by atoms with Crippen molar-refractivity contribution < 1.29 is 84.0 Å². The lowest BCUT2D eigenvalue weighted by molar-refractivity contribution is -0.232. The van der Waals surface area contributed by atoms with Gasteiger partial charge in [0.25, 0.3) is 0 Å². The van der Waals surface area contributed by atoms with Crippen molar-refractivity contribution in [3.05, 3.63) is 75.5 Å². The number of aromatic hydroxyl groups is 4. The van der Waals surface area contributed by atoms with Crippen molar-refractivity contribution in [1.82, 2.24) is 0 Å². The molecule has 2 saturated heterocycles. The van der Waals surface area contributed by atoms with Crippen LogP contribution in [0.5, 0.6) is 34.5 Å². The minimum Gasteiger partial charge on any atom is -0.508 e. The minimum atomic E-state index is -2.07. The Balaban J connectivity index is 1.52. The molecule has 0 saturated carbocycles. The van der Waals surface area contributed by atoms with Crippen molar-refractivity contribution in [2.45, 2.75) is 54.9 Å². The fourth-order valence-electron chi connectivity index (χ4n) is 6.57. The molecule has 3 heterocycles. The molecule has 1 aromatic heterocycles. The van der Waals surface area contributed by atoms with E-state index >= 15 is 0 Å². The maximum atomic E-state index is 13.8. The summed E-state index contributed by atoms with van der Waals surface area (Å²) >= 11 is 0. The van der Waals surface area contributed by atoms with Crippen LogP contribution in [-0.4, -0.2) is 127 Å². The van der Waals surface area contributed by atoms with Crippen LogP contribution in [0.3, 0.4) is 0 Å². The Hall–Kier alpha value is -5.44. The Kier molecular flexibility index (Phi) is 11.2. The number of carbonyl (C=O) groups is 1. The molecule has 4 aromatic rings. The summed E-state index contributed by atoms with van der Waals surface area (Å²) in [4.78, 5) is 27.1. The summed E-state index contributed by atoms with van der Waals surface area (Å²) < 4.78 is 33.4. The van der Waals surface area contributed by atoms with E-state index in [1.807, 2.05) is 0 Å². The van der Waals surface area contributed by atoms with Crippen LogP contribution in [0.1, 0.15) is 28.9 Å². The summed E-state index contributed by atoms with van der Waals surface area (Å²) in [5, 5.41) is 107. The number of aliphatic hydroxyl groups excluding tert-OH is 6. The third kappa shape index (κ3) is 7.24. The normalized spacial score (nSPS) is 26.9. The molecule has 2 fully saturated rings. The van der Waals surface area contributed by atoms with Gasteiger partial charge in [0, 0.05) is 17.7 Å². The molecule has 18 heteroatoms. The lowest BCUT2D eigenvalue weighted by Crippen LogP contribution is -2.55. The number of benzene rings is 3. The van der Waals surface area contributed by atoms with E-state index in [4.69, 9.17) is 28.1 Å². The maximum absolute atomic E-state index is 13.8. The molecule has 18 nitrogen and oxygen atoms in total. The molecule has 2 aliphatic heterocycles. The second-order valence-corrected chi connectivity index (χ2v) is 12.8. The molecular weight excluding hydrogens is 732 g/mol. The van der Waals surface area contributed by atoms with E-state index in [1.165, 1.54) is 56.7 Å². The first-order valence-corrected chi connectivity index (χ1v) is 16.7. The number of carbonyl (C=O) groups excluding carboxylic acids is 1. The Morgan fingerprint density at radius 2 is 1.47 bits per heavy atom. The molecule has 2 aliphatic rings.